The fourth-order valence-corrected chi connectivity index (χ4v) is 3.03. The maximum Gasteiger partial charge on any atom is 0.119 e. The van der Waals surface area contributed by atoms with Crippen LogP contribution in [0.4, 0.5) is 0 Å². The lowest BCUT2D eigenvalue weighted by Gasteiger charge is -2.36. The molecule has 1 aromatic heterocycles. The van der Waals surface area contributed by atoms with Gasteiger partial charge in [-0.05, 0) is 35.7 Å². The third-order valence-electron chi connectivity index (χ3n) is 4.18. The van der Waals surface area contributed by atoms with Crippen molar-refractivity contribution in [1.29, 1.82) is 0 Å². The first-order chi connectivity index (χ1) is 11.4. The quantitative estimate of drug-likeness (QED) is 0.890. The summed E-state index contributed by atoms with van der Waals surface area (Å²) in [6.45, 7) is 6.88. The van der Waals surface area contributed by atoms with E-state index < -0.39 is 0 Å². The molecule has 4 nitrogen and oxygen atoms in total. The molecule has 2 heterocycles. The highest BCUT2D eigenvalue weighted by Gasteiger charge is 2.23. The van der Waals surface area contributed by atoms with Crippen LogP contribution in [0.1, 0.15) is 30.5 Å². The van der Waals surface area contributed by atoms with Crippen molar-refractivity contribution in [2.75, 3.05) is 26.2 Å². The van der Waals surface area contributed by atoms with Crippen LogP contribution in [0.25, 0.3) is 0 Å². The van der Waals surface area contributed by atoms with E-state index in [0.717, 1.165) is 45.0 Å². The van der Waals surface area contributed by atoms with Crippen molar-refractivity contribution in [3.8, 4) is 5.75 Å². The highest BCUT2D eigenvalue weighted by molar-refractivity contribution is 5.29. The number of benzene rings is 1. The molecular weight excluding hydrogens is 286 g/mol. The van der Waals surface area contributed by atoms with E-state index in [1.807, 2.05) is 24.5 Å². The molecule has 1 aliphatic rings. The van der Waals surface area contributed by atoms with Gasteiger partial charge in [-0.1, -0.05) is 25.1 Å². The maximum atomic E-state index is 5.76. The van der Waals surface area contributed by atoms with Gasteiger partial charge in [-0.3, -0.25) is 9.88 Å². The van der Waals surface area contributed by atoms with Gasteiger partial charge in [0, 0.05) is 44.6 Å². The van der Waals surface area contributed by atoms with Crippen molar-refractivity contribution >= 4 is 0 Å². The second-order valence-corrected chi connectivity index (χ2v) is 5.97. The van der Waals surface area contributed by atoms with E-state index in [1.165, 1.54) is 11.1 Å². The molecule has 1 unspecified atom stereocenters. The van der Waals surface area contributed by atoms with Crippen molar-refractivity contribution in [2.24, 2.45) is 0 Å². The molecule has 0 aliphatic carbocycles. The smallest absolute Gasteiger partial charge is 0.119 e. The molecule has 122 valence electrons. The van der Waals surface area contributed by atoms with Gasteiger partial charge in [0.15, 0.2) is 0 Å². The van der Waals surface area contributed by atoms with Crippen LogP contribution < -0.4 is 10.1 Å². The lowest BCUT2D eigenvalue weighted by Crippen LogP contribution is -2.45. The monoisotopic (exact) mass is 311 g/mol. The van der Waals surface area contributed by atoms with E-state index in [4.69, 9.17) is 4.74 Å². The molecule has 4 heteroatoms. The maximum absolute atomic E-state index is 5.76. The van der Waals surface area contributed by atoms with Crippen LogP contribution in [0.2, 0.25) is 0 Å². The van der Waals surface area contributed by atoms with Crippen LogP contribution in [0, 0.1) is 0 Å². The molecule has 0 spiro atoms. The second kappa shape index (κ2) is 8.09. The lowest BCUT2D eigenvalue weighted by molar-refractivity contribution is 0.153. The predicted octanol–water partition coefficient (Wildman–Crippen LogP) is 3.02. The van der Waals surface area contributed by atoms with Crippen LogP contribution >= 0.6 is 0 Å². The third-order valence-corrected chi connectivity index (χ3v) is 4.18. The molecule has 1 N–H and O–H groups in total. The van der Waals surface area contributed by atoms with Gasteiger partial charge < -0.3 is 10.1 Å². The number of ether oxygens (including phenoxy) is 1. The normalized spacial score (nSPS) is 18.7. The molecule has 1 atom stereocenters. The van der Waals surface area contributed by atoms with Crippen LogP contribution in [-0.4, -0.2) is 36.1 Å². The molecule has 0 bridgehead atoms. The Kier molecular flexibility index (Phi) is 5.61. The number of rotatable bonds is 6. The zero-order chi connectivity index (χ0) is 15.9. The molecule has 1 aliphatic heterocycles. The summed E-state index contributed by atoms with van der Waals surface area (Å²) in [5.74, 6) is 0.970. The van der Waals surface area contributed by atoms with Crippen molar-refractivity contribution in [3.05, 3.63) is 59.9 Å². The van der Waals surface area contributed by atoms with Crippen LogP contribution in [-0.2, 0) is 6.54 Å². The summed E-state index contributed by atoms with van der Waals surface area (Å²) in [6, 6.07) is 13.0. The number of pyridine rings is 1. The van der Waals surface area contributed by atoms with Gasteiger partial charge in [-0.15, -0.1) is 0 Å². The van der Waals surface area contributed by atoms with E-state index >= 15 is 0 Å². The van der Waals surface area contributed by atoms with E-state index in [1.54, 1.807) is 0 Å². The summed E-state index contributed by atoms with van der Waals surface area (Å²) in [5.41, 5.74) is 2.58. The molecule has 1 saturated heterocycles. The number of piperazine rings is 1. The van der Waals surface area contributed by atoms with E-state index in [0.29, 0.717) is 6.04 Å². The summed E-state index contributed by atoms with van der Waals surface area (Å²) in [6.07, 6.45) is 4.84. The van der Waals surface area contributed by atoms with E-state index in [-0.39, 0.29) is 0 Å². The minimum absolute atomic E-state index is 0.373. The van der Waals surface area contributed by atoms with Gasteiger partial charge in [0.25, 0.3) is 0 Å². The van der Waals surface area contributed by atoms with E-state index in [9.17, 15) is 0 Å². The summed E-state index contributed by atoms with van der Waals surface area (Å²) < 4.78 is 5.76. The fourth-order valence-electron chi connectivity index (χ4n) is 3.03. The number of nitrogens with one attached hydrogen (secondary N) is 1. The lowest BCUT2D eigenvalue weighted by atomic mass is 10.0. The van der Waals surface area contributed by atoms with Crippen molar-refractivity contribution in [1.82, 2.24) is 15.2 Å². The molecule has 0 saturated carbocycles. The molecule has 1 aromatic carbocycles. The first kappa shape index (κ1) is 16.0. The fraction of sp³-hybridized carbons (Fsp3) is 0.421. The summed E-state index contributed by atoms with van der Waals surface area (Å²) in [7, 11) is 0. The number of aromatic nitrogens is 1. The minimum Gasteiger partial charge on any atom is -0.494 e. The standard InChI is InChI=1S/C19H25N3O/c1-2-11-23-18-7-3-5-16(12-18)15-22-10-9-21-14-19(22)17-6-4-8-20-13-17/h3-8,12-13,19,21H,2,9-11,14-15H2,1H3. The zero-order valence-corrected chi connectivity index (χ0v) is 13.7. The molecule has 2 aromatic rings. The Balaban J connectivity index is 1.72. The Bertz CT molecular complexity index is 603. The summed E-state index contributed by atoms with van der Waals surface area (Å²) >= 11 is 0. The topological polar surface area (TPSA) is 37.4 Å². The Morgan fingerprint density at radius 3 is 3.09 bits per heavy atom. The van der Waals surface area contributed by atoms with Gasteiger partial charge in [-0.2, -0.15) is 0 Å². The molecule has 0 radical (unpaired) electrons. The molecule has 0 amide bonds. The zero-order valence-electron chi connectivity index (χ0n) is 13.7. The van der Waals surface area contributed by atoms with Crippen LogP contribution in [0.3, 0.4) is 0 Å². The number of nitrogens with zero attached hydrogens (tertiary/aromatic N) is 2. The molecular formula is C19H25N3O. The molecule has 3 rings (SSSR count). The van der Waals surface area contributed by atoms with Gasteiger partial charge in [0.1, 0.15) is 5.75 Å². The highest BCUT2D eigenvalue weighted by atomic mass is 16.5. The minimum atomic E-state index is 0.373. The predicted molar refractivity (Wildman–Crippen MR) is 92.5 cm³/mol. The van der Waals surface area contributed by atoms with Gasteiger partial charge in [0.2, 0.25) is 0 Å². The Morgan fingerprint density at radius 2 is 2.26 bits per heavy atom. The second-order valence-electron chi connectivity index (χ2n) is 5.97. The largest absolute Gasteiger partial charge is 0.494 e. The average Bonchev–Trinajstić information content (AvgIpc) is 2.61. The Hall–Kier alpha value is -1.91. The number of hydrogen-bond donors (Lipinski definition) is 1. The van der Waals surface area contributed by atoms with Crippen molar-refractivity contribution < 1.29 is 4.74 Å². The summed E-state index contributed by atoms with van der Waals surface area (Å²) in [4.78, 5) is 6.80. The summed E-state index contributed by atoms with van der Waals surface area (Å²) in [5, 5.41) is 3.49. The average molecular weight is 311 g/mol. The van der Waals surface area contributed by atoms with Gasteiger partial charge in [-0.25, -0.2) is 0 Å². The molecule has 1 fully saturated rings. The van der Waals surface area contributed by atoms with Crippen LogP contribution in [0.5, 0.6) is 5.75 Å². The third kappa shape index (κ3) is 4.30. The van der Waals surface area contributed by atoms with Crippen molar-refractivity contribution in [3.63, 3.8) is 0 Å². The first-order valence-electron chi connectivity index (χ1n) is 8.43. The van der Waals surface area contributed by atoms with Crippen molar-refractivity contribution in [2.45, 2.75) is 25.9 Å². The highest BCUT2D eigenvalue weighted by Crippen LogP contribution is 2.24. The SMILES string of the molecule is CCCOc1cccc(CN2CCNCC2c2cccnc2)c1. The van der Waals surface area contributed by atoms with E-state index in [2.05, 4.69) is 46.4 Å². The Labute approximate surface area is 138 Å². The number of hydrogen-bond acceptors (Lipinski definition) is 4. The van der Waals surface area contributed by atoms with Gasteiger partial charge in [0.05, 0.1) is 6.61 Å². The first-order valence-corrected chi connectivity index (χ1v) is 8.43. The van der Waals surface area contributed by atoms with Crippen LogP contribution in [0.15, 0.2) is 48.8 Å². The van der Waals surface area contributed by atoms with Gasteiger partial charge >= 0.3 is 0 Å². The Morgan fingerprint density at radius 1 is 1.30 bits per heavy atom. The molecule has 23 heavy (non-hydrogen) atoms.